The van der Waals surface area contributed by atoms with Gasteiger partial charge in [0.2, 0.25) is 0 Å². The van der Waals surface area contributed by atoms with Crippen LogP contribution in [0.5, 0.6) is 0 Å². The van der Waals surface area contributed by atoms with E-state index in [4.69, 9.17) is 5.11 Å². The van der Waals surface area contributed by atoms with E-state index in [0.29, 0.717) is 24.6 Å². The number of sulfone groups is 1. The number of urea groups is 1. The molecule has 1 N–H and O–H groups in total. The Morgan fingerprint density at radius 3 is 2.57 bits per heavy atom. The lowest BCUT2D eigenvalue weighted by Crippen LogP contribution is -2.55. The predicted octanol–water partition coefficient (Wildman–Crippen LogP) is 0.713. The van der Waals surface area contributed by atoms with Gasteiger partial charge in [0.15, 0.2) is 9.84 Å². The maximum atomic E-state index is 12.5. The Morgan fingerprint density at radius 1 is 1.38 bits per heavy atom. The summed E-state index contributed by atoms with van der Waals surface area (Å²) in [5.74, 6) is 0.0766. The Balaban J connectivity index is 2.87. The van der Waals surface area contributed by atoms with Gasteiger partial charge in [-0.3, -0.25) is 4.79 Å². The summed E-state index contributed by atoms with van der Waals surface area (Å²) in [7, 11) is -3.35. The molecule has 0 bridgehead atoms. The zero-order valence-corrected chi connectivity index (χ0v) is 14.0. The van der Waals surface area contributed by atoms with Crippen molar-refractivity contribution in [2.45, 2.75) is 25.6 Å². The molecule has 1 heterocycles. The molecular weight excluding hydrogens is 316 g/mol. The van der Waals surface area contributed by atoms with Gasteiger partial charge in [0.1, 0.15) is 5.37 Å². The van der Waals surface area contributed by atoms with Crippen LogP contribution in [0.25, 0.3) is 0 Å². The number of hydrogen-bond donors (Lipinski definition) is 1. The van der Waals surface area contributed by atoms with Crippen LogP contribution in [0.15, 0.2) is 0 Å². The van der Waals surface area contributed by atoms with E-state index in [9.17, 15) is 18.0 Å². The number of nitrogens with zero attached hydrogens (tertiary/aromatic N) is 2. The fraction of sp³-hybridized carbons (Fsp3) is 0.833. The highest BCUT2D eigenvalue weighted by atomic mass is 32.2. The Labute approximate surface area is 129 Å². The molecule has 1 atom stereocenters. The first-order valence-electron chi connectivity index (χ1n) is 6.90. The van der Waals surface area contributed by atoms with Gasteiger partial charge in [0.25, 0.3) is 0 Å². The van der Waals surface area contributed by atoms with Gasteiger partial charge in [-0.05, 0) is 6.92 Å². The quantitative estimate of drug-likeness (QED) is 0.766. The minimum Gasteiger partial charge on any atom is -0.481 e. The van der Waals surface area contributed by atoms with Gasteiger partial charge in [-0.15, -0.1) is 0 Å². The molecule has 2 amide bonds. The zero-order valence-electron chi connectivity index (χ0n) is 12.3. The molecule has 9 heteroatoms. The third-order valence-corrected chi connectivity index (χ3v) is 6.68. The number of thioether (sulfide) groups is 1. The number of hydrogen-bond acceptors (Lipinski definition) is 5. The van der Waals surface area contributed by atoms with E-state index in [1.165, 1.54) is 21.6 Å². The van der Waals surface area contributed by atoms with Gasteiger partial charge in [0, 0.05) is 36.9 Å². The lowest BCUT2D eigenvalue weighted by atomic mass is 10.4. The highest BCUT2D eigenvalue weighted by Crippen LogP contribution is 2.22. The van der Waals surface area contributed by atoms with Crippen LogP contribution < -0.4 is 0 Å². The van der Waals surface area contributed by atoms with Crippen molar-refractivity contribution in [3.05, 3.63) is 0 Å². The van der Waals surface area contributed by atoms with Crippen molar-refractivity contribution < 1.29 is 23.1 Å². The molecule has 21 heavy (non-hydrogen) atoms. The molecule has 1 aliphatic rings. The number of carboxylic acid groups (broad SMARTS) is 1. The van der Waals surface area contributed by atoms with E-state index in [2.05, 4.69) is 0 Å². The number of rotatable bonds is 6. The summed E-state index contributed by atoms with van der Waals surface area (Å²) in [4.78, 5) is 25.9. The number of amides is 2. The van der Waals surface area contributed by atoms with Gasteiger partial charge in [-0.2, -0.15) is 11.8 Å². The van der Waals surface area contributed by atoms with Crippen LogP contribution in [0, 0.1) is 0 Å². The van der Waals surface area contributed by atoms with E-state index < -0.39 is 21.2 Å². The van der Waals surface area contributed by atoms with Gasteiger partial charge >= 0.3 is 12.0 Å². The molecule has 7 nitrogen and oxygen atoms in total. The first-order valence-corrected chi connectivity index (χ1v) is 9.77. The normalized spacial score (nSPS) is 19.3. The van der Waals surface area contributed by atoms with Gasteiger partial charge in [0.05, 0.1) is 6.42 Å². The Morgan fingerprint density at radius 2 is 2.05 bits per heavy atom. The maximum absolute atomic E-state index is 12.5. The zero-order chi connectivity index (χ0) is 16.0. The van der Waals surface area contributed by atoms with Crippen molar-refractivity contribution in [1.82, 2.24) is 9.80 Å². The highest BCUT2D eigenvalue weighted by Gasteiger charge is 2.37. The van der Waals surface area contributed by atoms with Crippen LogP contribution >= 0.6 is 11.8 Å². The third-order valence-electron chi connectivity index (χ3n) is 3.40. The second-order valence-corrected chi connectivity index (χ2v) is 8.28. The molecule has 122 valence electrons. The summed E-state index contributed by atoms with van der Waals surface area (Å²) in [5.41, 5.74) is 0. The Kier molecular flexibility index (Phi) is 6.79. The molecular formula is C12H22N2O5S2. The second-order valence-electron chi connectivity index (χ2n) is 4.68. The van der Waals surface area contributed by atoms with Crippen LogP contribution in [-0.2, 0) is 14.6 Å². The first kappa shape index (κ1) is 18.1. The van der Waals surface area contributed by atoms with Crippen molar-refractivity contribution in [3.8, 4) is 0 Å². The van der Waals surface area contributed by atoms with Gasteiger partial charge < -0.3 is 14.9 Å². The molecule has 1 rings (SSSR count). The highest BCUT2D eigenvalue weighted by molar-refractivity contribution is 8.01. The molecule has 1 fully saturated rings. The standard InChI is InChI=1S/C12H22N2O5S2/c1-3-13(6-5-11(15)16)12(17)14-7-8-20-9-10(14)21(18,19)4-2/h10H,3-9H2,1-2H3,(H,15,16). The SMILES string of the molecule is CCN(CCC(=O)O)C(=O)N1CCSCC1S(=O)(=O)CC. The van der Waals surface area contributed by atoms with Crippen LogP contribution in [0.1, 0.15) is 20.3 Å². The average molecular weight is 338 g/mol. The molecule has 0 saturated carbocycles. The predicted molar refractivity (Wildman–Crippen MR) is 82.2 cm³/mol. The lowest BCUT2D eigenvalue weighted by molar-refractivity contribution is -0.137. The fourth-order valence-electron chi connectivity index (χ4n) is 2.09. The van der Waals surface area contributed by atoms with Gasteiger partial charge in [-0.1, -0.05) is 6.92 Å². The van der Waals surface area contributed by atoms with Crippen molar-refractivity contribution >= 4 is 33.6 Å². The van der Waals surface area contributed by atoms with E-state index >= 15 is 0 Å². The molecule has 1 aliphatic heterocycles. The summed E-state index contributed by atoms with van der Waals surface area (Å²) in [6, 6.07) is -0.388. The summed E-state index contributed by atoms with van der Waals surface area (Å²) in [5, 5.41) is 7.91. The second kappa shape index (κ2) is 7.88. The lowest BCUT2D eigenvalue weighted by Gasteiger charge is -2.37. The maximum Gasteiger partial charge on any atom is 0.321 e. The molecule has 0 aliphatic carbocycles. The molecule has 0 aromatic heterocycles. The summed E-state index contributed by atoms with van der Waals surface area (Å²) in [6.45, 7) is 4.14. The third kappa shape index (κ3) is 4.77. The van der Waals surface area contributed by atoms with Gasteiger partial charge in [-0.25, -0.2) is 13.2 Å². The molecule has 0 radical (unpaired) electrons. The van der Waals surface area contributed by atoms with Crippen LogP contribution in [0.4, 0.5) is 4.79 Å². The average Bonchev–Trinajstić information content (AvgIpc) is 2.47. The number of carbonyl (C=O) groups excluding carboxylic acids is 1. The monoisotopic (exact) mass is 338 g/mol. The molecule has 0 aromatic rings. The summed E-state index contributed by atoms with van der Waals surface area (Å²) < 4.78 is 24.3. The summed E-state index contributed by atoms with van der Waals surface area (Å²) >= 11 is 1.52. The Hall–Kier alpha value is -0.960. The smallest absolute Gasteiger partial charge is 0.321 e. The minimum atomic E-state index is -3.35. The largest absolute Gasteiger partial charge is 0.481 e. The fourth-order valence-corrected chi connectivity index (χ4v) is 5.05. The van der Waals surface area contributed by atoms with Crippen molar-refractivity contribution in [2.75, 3.05) is 36.9 Å². The molecule has 0 aromatic carbocycles. The number of aliphatic carboxylic acids is 1. The topological polar surface area (TPSA) is 95.0 Å². The minimum absolute atomic E-state index is 0.0107. The molecule has 1 saturated heterocycles. The van der Waals surface area contributed by atoms with Crippen LogP contribution in [0.2, 0.25) is 0 Å². The summed E-state index contributed by atoms with van der Waals surface area (Å²) in [6.07, 6.45) is -0.145. The van der Waals surface area contributed by atoms with Crippen LogP contribution in [0.3, 0.4) is 0 Å². The van der Waals surface area contributed by atoms with E-state index in [-0.39, 0.29) is 24.7 Å². The first-order chi connectivity index (χ1) is 9.83. The van der Waals surface area contributed by atoms with E-state index in [1.54, 1.807) is 13.8 Å². The molecule has 0 spiro atoms. The Bertz CT molecular complexity index is 480. The van der Waals surface area contributed by atoms with Crippen molar-refractivity contribution in [2.24, 2.45) is 0 Å². The van der Waals surface area contributed by atoms with E-state index in [1.807, 2.05) is 0 Å². The van der Waals surface area contributed by atoms with Crippen molar-refractivity contribution in [1.29, 1.82) is 0 Å². The molecule has 1 unspecified atom stereocenters. The van der Waals surface area contributed by atoms with E-state index in [0.717, 1.165) is 0 Å². The van der Waals surface area contributed by atoms with Crippen molar-refractivity contribution in [3.63, 3.8) is 0 Å². The number of carboxylic acids is 1. The van der Waals surface area contributed by atoms with Crippen LogP contribution in [-0.4, -0.2) is 77.6 Å². The number of carbonyl (C=O) groups is 2.